The Kier molecular flexibility index (Phi) is 4.23. The molecular formula is C15H13F2NO. The molecule has 0 unspecified atom stereocenters. The van der Waals surface area contributed by atoms with E-state index >= 15 is 0 Å². The van der Waals surface area contributed by atoms with Gasteiger partial charge in [0.05, 0.1) is 0 Å². The zero-order valence-electron chi connectivity index (χ0n) is 10.2. The predicted octanol–water partition coefficient (Wildman–Crippen LogP) is 2.94. The molecule has 0 aliphatic carbocycles. The Morgan fingerprint density at radius 3 is 2.42 bits per heavy atom. The lowest BCUT2D eigenvalue weighted by atomic mass is 10.1. The number of benzene rings is 2. The van der Waals surface area contributed by atoms with E-state index in [0.29, 0.717) is 13.0 Å². The Hall–Kier alpha value is -2.23. The smallest absolute Gasteiger partial charge is 0.251 e. The summed E-state index contributed by atoms with van der Waals surface area (Å²) in [5.41, 5.74) is 1.22. The molecule has 0 heterocycles. The summed E-state index contributed by atoms with van der Waals surface area (Å²) in [6.07, 6.45) is 0.691. The summed E-state index contributed by atoms with van der Waals surface area (Å²) in [7, 11) is 0. The van der Waals surface area contributed by atoms with Crippen LogP contribution in [0, 0.1) is 11.6 Å². The van der Waals surface area contributed by atoms with Crippen molar-refractivity contribution >= 4 is 5.91 Å². The van der Waals surface area contributed by atoms with Gasteiger partial charge in [-0.1, -0.05) is 30.3 Å². The monoisotopic (exact) mass is 261 g/mol. The Morgan fingerprint density at radius 2 is 1.74 bits per heavy atom. The maximum atomic E-state index is 13.0. The highest BCUT2D eigenvalue weighted by Crippen LogP contribution is 2.08. The molecule has 19 heavy (non-hydrogen) atoms. The van der Waals surface area contributed by atoms with E-state index in [4.69, 9.17) is 0 Å². The Labute approximate surface area is 110 Å². The fraction of sp³-hybridized carbons (Fsp3) is 0.133. The van der Waals surface area contributed by atoms with Gasteiger partial charge >= 0.3 is 0 Å². The zero-order valence-corrected chi connectivity index (χ0v) is 10.2. The SMILES string of the molecule is O=C(NCCc1ccccc1)c1ccc(F)c(F)c1. The normalized spacial score (nSPS) is 10.2. The molecule has 0 radical (unpaired) electrons. The number of carbonyl (C=O) groups is 1. The van der Waals surface area contributed by atoms with Gasteiger partial charge in [-0.15, -0.1) is 0 Å². The molecule has 0 aliphatic rings. The summed E-state index contributed by atoms with van der Waals surface area (Å²) in [5.74, 6) is -2.38. The van der Waals surface area contributed by atoms with Crippen LogP contribution in [0.25, 0.3) is 0 Å². The van der Waals surface area contributed by atoms with Crippen LogP contribution in [0.2, 0.25) is 0 Å². The van der Waals surface area contributed by atoms with Crippen molar-refractivity contribution in [2.75, 3.05) is 6.54 Å². The average molecular weight is 261 g/mol. The molecule has 4 heteroatoms. The van der Waals surface area contributed by atoms with E-state index < -0.39 is 17.5 Å². The highest BCUT2D eigenvalue weighted by molar-refractivity contribution is 5.94. The second kappa shape index (κ2) is 6.09. The van der Waals surface area contributed by atoms with Crippen LogP contribution >= 0.6 is 0 Å². The van der Waals surface area contributed by atoms with Gasteiger partial charge in [0.2, 0.25) is 0 Å². The lowest BCUT2D eigenvalue weighted by Gasteiger charge is -2.05. The first kappa shape index (κ1) is 13.2. The van der Waals surface area contributed by atoms with Crippen LogP contribution in [-0.2, 0) is 6.42 Å². The summed E-state index contributed by atoms with van der Waals surface area (Å²) in [5, 5.41) is 2.67. The van der Waals surface area contributed by atoms with Gasteiger partial charge < -0.3 is 5.32 Å². The molecule has 1 N–H and O–H groups in total. The van der Waals surface area contributed by atoms with E-state index in [1.54, 1.807) is 0 Å². The van der Waals surface area contributed by atoms with Crippen molar-refractivity contribution in [1.29, 1.82) is 0 Å². The Bertz CT molecular complexity index is 570. The van der Waals surface area contributed by atoms with E-state index in [9.17, 15) is 13.6 Å². The van der Waals surface area contributed by atoms with Gasteiger partial charge in [-0.25, -0.2) is 8.78 Å². The standard InChI is InChI=1S/C15H13F2NO/c16-13-7-6-12(10-14(13)17)15(19)18-9-8-11-4-2-1-3-5-11/h1-7,10H,8-9H2,(H,18,19). The molecule has 2 nitrogen and oxygen atoms in total. The summed E-state index contributed by atoms with van der Waals surface area (Å²) in [4.78, 5) is 11.7. The minimum atomic E-state index is -1.02. The summed E-state index contributed by atoms with van der Waals surface area (Å²) in [6, 6.07) is 12.8. The second-order valence-corrected chi connectivity index (χ2v) is 4.12. The van der Waals surface area contributed by atoms with Crippen molar-refractivity contribution in [2.24, 2.45) is 0 Å². The van der Waals surface area contributed by atoms with Crippen LogP contribution in [0.4, 0.5) is 8.78 Å². The van der Waals surface area contributed by atoms with Crippen molar-refractivity contribution in [3.8, 4) is 0 Å². The molecule has 0 saturated carbocycles. The number of amides is 1. The van der Waals surface area contributed by atoms with Crippen LogP contribution in [0.1, 0.15) is 15.9 Å². The van der Waals surface area contributed by atoms with Crippen LogP contribution in [0.3, 0.4) is 0 Å². The molecule has 2 aromatic rings. The first-order valence-electron chi connectivity index (χ1n) is 5.94. The van der Waals surface area contributed by atoms with E-state index in [2.05, 4.69) is 5.32 Å². The number of halogens is 2. The molecule has 0 spiro atoms. The second-order valence-electron chi connectivity index (χ2n) is 4.12. The fourth-order valence-electron chi connectivity index (χ4n) is 1.70. The molecule has 98 valence electrons. The molecule has 0 fully saturated rings. The average Bonchev–Trinajstić information content (AvgIpc) is 2.43. The molecule has 0 saturated heterocycles. The largest absolute Gasteiger partial charge is 0.352 e. The summed E-state index contributed by atoms with van der Waals surface area (Å²) in [6.45, 7) is 0.446. The maximum Gasteiger partial charge on any atom is 0.251 e. The number of nitrogens with one attached hydrogen (secondary N) is 1. The lowest BCUT2D eigenvalue weighted by Crippen LogP contribution is -2.25. The third-order valence-corrected chi connectivity index (χ3v) is 2.72. The molecule has 0 bridgehead atoms. The van der Waals surface area contributed by atoms with Gasteiger partial charge in [-0.2, -0.15) is 0 Å². The van der Waals surface area contributed by atoms with Crippen molar-refractivity contribution < 1.29 is 13.6 Å². The molecule has 0 aliphatic heterocycles. The third-order valence-electron chi connectivity index (χ3n) is 2.72. The Balaban J connectivity index is 1.89. The van der Waals surface area contributed by atoms with Crippen LogP contribution in [0.15, 0.2) is 48.5 Å². The fourth-order valence-corrected chi connectivity index (χ4v) is 1.70. The van der Waals surface area contributed by atoms with Crippen molar-refractivity contribution in [3.63, 3.8) is 0 Å². The van der Waals surface area contributed by atoms with Crippen molar-refractivity contribution in [2.45, 2.75) is 6.42 Å². The highest BCUT2D eigenvalue weighted by Gasteiger charge is 2.08. The molecule has 0 atom stereocenters. The minimum Gasteiger partial charge on any atom is -0.352 e. The van der Waals surface area contributed by atoms with Crippen molar-refractivity contribution in [1.82, 2.24) is 5.32 Å². The van der Waals surface area contributed by atoms with Crippen LogP contribution in [0.5, 0.6) is 0 Å². The van der Waals surface area contributed by atoms with Crippen LogP contribution in [-0.4, -0.2) is 12.5 Å². The Morgan fingerprint density at radius 1 is 1.00 bits per heavy atom. The van der Waals surface area contributed by atoms with E-state index in [1.165, 1.54) is 6.07 Å². The number of hydrogen-bond donors (Lipinski definition) is 1. The van der Waals surface area contributed by atoms with E-state index in [1.807, 2.05) is 30.3 Å². The molecule has 1 amide bonds. The van der Waals surface area contributed by atoms with Gasteiger partial charge in [0.15, 0.2) is 11.6 Å². The quantitative estimate of drug-likeness (QED) is 0.900. The van der Waals surface area contributed by atoms with E-state index in [0.717, 1.165) is 17.7 Å². The summed E-state index contributed by atoms with van der Waals surface area (Å²) < 4.78 is 25.7. The van der Waals surface area contributed by atoms with Crippen molar-refractivity contribution in [3.05, 3.63) is 71.3 Å². The van der Waals surface area contributed by atoms with Gasteiger partial charge in [0, 0.05) is 12.1 Å². The number of carbonyl (C=O) groups excluding carboxylic acids is 1. The predicted molar refractivity (Wildman–Crippen MR) is 68.8 cm³/mol. The first-order chi connectivity index (χ1) is 9.16. The molecule has 0 aromatic heterocycles. The highest BCUT2D eigenvalue weighted by atomic mass is 19.2. The minimum absolute atomic E-state index is 0.118. The number of hydrogen-bond acceptors (Lipinski definition) is 1. The molecular weight excluding hydrogens is 248 g/mol. The topological polar surface area (TPSA) is 29.1 Å². The third kappa shape index (κ3) is 3.61. The van der Waals surface area contributed by atoms with Gasteiger partial charge in [0.25, 0.3) is 5.91 Å². The molecule has 2 rings (SSSR count). The number of rotatable bonds is 4. The van der Waals surface area contributed by atoms with Gasteiger partial charge in [-0.05, 0) is 30.2 Å². The van der Waals surface area contributed by atoms with E-state index in [-0.39, 0.29) is 5.56 Å². The lowest BCUT2D eigenvalue weighted by molar-refractivity contribution is 0.0953. The van der Waals surface area contributed by atoms with Gasteiger partial charge in [-0.3, -0.25) is 4.79 Å². The van der Waals surface area contributed by atoms with Crippen LogP contribution < -0.4 is 5.32 Å². The summed E-state index contributed by atoms with van der Waals surface area (Å²) >= 11 is 0. The van der Waals surface area contributed by atoms with Gasteiger partial charge in [0.1, 0.15) is 0 Å². The molecule has 2 aromatic carbocycles. The zero-order chi connectivity index (χ0) is 13.7. The first-order valence-corrected chi connectivity index (χ1v) is 5.94. The maximum absolute atomic E-state index is 13.0.